The number of benzene rings is 2. The van der Waals surface area contributed by atoms with Crippen molar-refractivity contribution in [3.05, 3.63) is 95.3 Å². The zero-order valence-electron chi connectivity index (χ0n) is 19.8. The molecule has 7 heteroatoms. The minimum Gasteiger partial charge on any atom is -0.507 e. The third kappa shape index (κ3) is 5.04. The average Bonchev–Trinajstić information content (AvgIpc) is 3.13. The Balaban J connectivity index is 1.85. The molecule has 0 radical (unpaired) electrons. The molecule has 1 atom stereocenters. The summed E-state index contributed by atoms with van der Waals surface area (Å²) in [7, 11) is 0. The molecule has 0 spiro atoms. The number of Topliss-reactive ketones (excluding diaryl/α,β-unsaturated/α-hetero) is 1. The highest BCUT2D eigenvalue weighted by atomic mass is 16.5. The second kappa shape index (κ2) is 10.9. The van der Waals surface area contributed by atoms with Gasteiger partial charge in [0.2, 0.25) is 0 Å². The molecular formula is C28H28N2O5. The van der Waals surface area contributed by atoms with E-state index in [4.69, 9.17) is 9.47 Å². The quantitative estimate of drug-likeness (QED) is 0.271. The van der Waals surface area contributed by atoms with Gasteiger partial charge >= 0.3 is 0 Å². The standard InChI is InChI=1S/C28H28N2O5/c1-3-16-35-22-11-10-21(17-23(22)34-4-2)25-24(26(31)20-8-6-5-7-9-20)27(32)28(33)30(25)18-19-12-14-29-15-13-19/h5-15,17,25,31H,3-4,16,18H2,1-2H3/b26-24+. The number of nitrogens with zero attached hydrogens (tertiary/aromatic N) is 2. The maximum atomic E-state index is 13.2. The number of ketones is 1. The van der Waals surface area contributed by atoms with E-state index in [0.717, 1.165) is 12.0 Å². The molecule has 1 amide bonds. The van der Waals surface area contributed by atoms with Crippen LogP contribution in [0.4, 0.5) is 0 Å². The average molecular weight is 473 g/mol. The molecule has 2 aromatic carbocycles. The monoisotopic (exact) mass is 472 g/mol. The number of rotatable bonds is 9. The minimum absolute atomic E-state index is 0.0416. The van der Waals surface area contributed by atoms with Gasteiger partial charge in [-0.25, -0.2) is 0 Å². The number of aliphatic hydroxyl groups is 1. The van der Waals surface area contributed by atoms with Gasteiger partial charge in [0.25, 0.3) is 11.7 Å². The highest BCUT2D eigenvalue weighted by Crippen LogP contribution is 2.42. The van der Waals surface area contributed by atoms with E-state index in [1.807, 2.05) is 26.0 Å². The third-order valence-corrected chi connectivity index (χ3v) is 5.73. The van der Waals surface area contributed by atoms with Gasteiger partial charge in [0.1, 0.15) is 5.76 Å². The smallest absolute Gasteiger partial charge is 0.295 e. The molecule has 1 saturated heterocycles. The number of hydrogen-bond acceptors (Lipinski definition) is 6. The molecular weight excluding hydrogens is 444 g/mol. The number of aliphatic hydroxyl groups excluding tert-OH is 1. The summed E-state index contributed by atoms with van der Waals surface area (Å²) in [5.41, 5.74) is 1.97. The van der Waals surface area contributed by atoms with E-state index in [9.17, 15) is 14.7 Å². The molecule has 1 N–H and O–H groups in total. The summed E-state index contributed by atoms with van der Waals surface area (Å²) in [5.74, 6) is -0.502. The van der Waals surface area contributed by atoms with Crippen molar-refractivity contribution < 1.29 is 24.2 Å². The first-order valence-corrected chi connectivity index (χ1v) is 11.7. The molecule has 0 bridgehead atoms. The van der Waals surface area contributed by atoms with Crippen LogP contribution in [0.2, 0.25) is 0 Å². The highest BCUT2D eigenvalue weighted by molar-refractivity contribution is 6.46. The third-order valence-electron chi connectivity index (χ3n) is 5.73. The van der Waals surface area contributed by atoms with Crippen LogP contribution in [0.1, 0.15) is 43.0 Å². The van der Waals surface area contributed by atoms with Crippen molar-refractivity contribution in [2.75, 3.05) is 13.2 Å². The van der Waals surface area contributed by atoms with Crippen LogP contribution in [0.25, 0.3) is 5.76 Å². The van der Waals surface area contributed by atoms with Crippen molar-refractivity contribution in [2.45, 2.75) is 32.9 Å². The van der Waals surface area contributed by atoms with Crippen molar-refractivity contribution in [1.29, 1.82) is 0 Å². The van der Waals surface area contributed by atoms with Gasteiger partial charge in [-0.3, -0.25) is 14.6 Å². The van der Waals surface area contributed by atoms with Gasteiger partial charge in [-0.05, 0) is 48.7 Å². The minimum atomic E-state index is -0.803. The van der Waals surface area contributed by atoms with E-state index in [0.29, 0.717) is 35.8 Å². The Morgan fingerprint density at radius 2 is 1.71 bits per heavy atom. The maximum absolute atomic E-state index is 13.2. The topological polar surface area (TPSA) is 89.0 Å². The summed E-state index contributed by atoms with van der Waals surface area (Å²) < 4.78 is 11.6. The maximum Gasteiger partial charge on any atom is 0.295 e. The molecule has 1 aromatic heterocycles. The lowest BCUT2D eigenvalue weighted by Gasteiger charge is -2.26. The Kier molecular flexibility index (Phi) is 7.45. The highest BCUT2D eigenvalue weighted by Gasteiger charge is 2.46. The fourth-order valence-corrected chi connectivity index (χ4v) is 4.12. The number of ether oxygens (including phenoxy) is 2. The lowest BCUT2D eigenvalue weighted by Crippen LogP contribution is -2.29. The molecule has 7 nitrogen and oxygen atoms in total. The first-order chi connectivity index (χ1) is 17.0. The van der Waals surface area contributed by atoms with E-state index < -0.39 is 17.7 Å². The van der Waals surface area contributed by atoms with Crippen LogP contribution in [-0.4, -0.2) is 39.9 Å². The molecule has 4 rings (SSSR count). The van der Waals surface area contributed by atoms with E-state index in [1.54, 1.807) is 60.9 Å². The van der Waals surface area contributed by atoms with Crippen LogP contribution in [0.15, 0.2) is 78.6 Å². The van der Waals surface area contributed by atoms with Crippen LogP contribution in [0, 0.1) is 0 Å². The lowest BCUT2D eigenvalue weighted by molar-refractivity contribution is -0.140. The summed E-state index contributed by atoms with van der Waals surface area (Å²) in [6.45, 7) is 5.04. The van der Waals surface area contributed by atoms with Crippen LogP contribution >= 0.6 is 0 Å². The molecule has 0 aliphatic carbocycles. The normalized spacial score (nSPS) is 17.0. The van der Waals surface area contributed by atoms with Crippen molar-refractivity contribution in [1.82, 2.24) is 9.88 Å². The summed E-state index contributed by atoms with van der Waals surface area (Å²) >= 11 is 0. The molecule has 3 aromatic rings. The molecule has 1 fully saturated rings. The zero-order valence-corrected chi connectivity index (χ0v) is 19.8. The number of aromatic nitrogens is 1. The molecule has 1 aliphatic heterocycles. The number of carbonyl (C=O) groups excluding carboxylic acids is 2. The van der Waals surface area contributed by atoms with Gasteiger partial charge in [0.05, 0.1) is 24.8 Å². The van der Waals surface area contributed by atoms with E-state index >= 15 is 0 Å². The SMILES string of the molecule is CCCOc1ccc(C2/C(=C(\O)c3ccccc3)C(=O)C(=O)N2Cc2ccncc2)cc1OCC. The first-order valence-electron chi connectivity index (χ1n) is 11.7. The number of carbonyl (C=O) groups is 2. The van der Waals surface area contributed by atoms with Crippen LogP contribution in [0.5, 0.6) is 11.5 Å². The van der Waals surface area contributed by atoms with Crippen LogP contribution in [0.3, 0.4) is 0 Å². The van der Waals surface area contributed by atoms with Gasteiger partial charge < -0.3 is 19.5 Å². The summed E-state index contributed by atoms with van der Waals surface area (Å²) in [6.07, 6.45) is 4.12. The zero-order chi connectivity index (χ0) is 24.8. The fraction of sp³-hybridized carbons (Fsp3) is 0.250. The van der Waals surface area contributed by atoms with Gasteiger partial charge in [-0.15, -0.1) is 0 Å². The summed E-state index contributed by atoms with van der Waals surface area (Å²) in [6, 6.07) is 16.9. The number of hydrogen-bond donors (Lipinski definition) is 1. The first kappa shape index (κ1) is 24.0. The number of amides is 1. The lowest BCUT2D eigenvalue weighted by atomic mass is 9.95. The molecule has 2 heterocycles. The summed E-state index contributed by atoms with van der Waals surface area (Å²) in [5, 5.41) is 11.2. The Morgan fingerprint density at radius 3 is 2.40 bits per heavy atom. The van der Waals surface area contributed by atoms with Gasteiger partial charge in [0, 0.05) is 24.5 Å². The van der Waals surface area contributed by atoms with Crippen LogP contribution < -0.4 is 9.47 Å². The Hall–Kier alpha value is -4.13. The largest absolute Gasteiger partial charge is 0.507 e. The Bertz CT molecular complexity index is 1220. The van der Waals surface area contributed by atoms with Crippen molar-refractivity contribution in [2.24, 2.45) is 0 Å². The number of likely N-dealkylation sites (tertiary alicyclic amines) is 1. The second-order valence-electron chi connectivity index (χ2n) is 8.14. The molecule has 1 unspecified atom stereocenters. The van der Waals surface area contributed by atoms with Gasteiger partial charge in [-0.2, -0.15) is 0 Å². The molecule has 0 saturated carbocycles. The van der Waals surface area contributed by atoms with Gasteiger partial charge in [0.15, 0.2) is 11.5 Å². The van der Waals surface area contributed by atoms with Crippen molar-refractivity contribution >= 4 is 17.4 Å². The predicted octanol–water partition coefficient (Wildman–Crippen LogP) is 4.89. The molecule has 35 heavy (non-hydrogen) atoms. The molecule has 180 valence electrons. The van der Waals surface area contributed by atoms with Gasteiger partial charge in [-0.1, -0.05) is 43.3 Å². The second-order valence-corrected chi connectivity index (χ2v) is 8.14. The van der Waals surface area contributed by atoms with Crippen molar-refractivity contribution in [3.63, 3.8) is 0 Å². The predicted molar refractivity (Wildman–Crippen MR) is 132 cm³/mol. The number of pyridine rings is 1. The fourth-order valence-electron chi connectivity index (χ4n) is 4.12. The Labute approximate surface area is 204 Å². The van der Waals surface area contributed by atoms with E-state index in [2.05, 4.69) is 4.98 Å². The Morgan fingerprint density at radius 1 is 0.971 bits per heavy atom. The van der Waals surface area contributed by atoms with E-state index in [-0.39, 0.29) is 17.9 Å². The van der Waals surface area contributed by atoms with Crippen molar-refractivity contribution in [3.8, 4) is 11.5 Å². The van der Waals surface area contributed by atoms with E-state index in [1.165, 1.54) is 4.90 Å². The molecule has 1 aliphatic rings. The summed E-state index contributed by atoms with van der Waals surface area (Å²) in [4.78, 5) is 32.0. The van der Waals surface area contributed by atoms with Crippen LogP contribution in [-0.2, 0) is 16.1 Å².